The molecule has 0 unspecified atom stereocenters. The van der Waals surface area contributed by atoms with Gasteiger partial charge in [0.25, 0.3) is 0 Å². The zero-order chi connectivity index (χ0) is 36.6. The Morgan fingerprint density at radius 1 is 0.788 bits per heavy atom. The highest BCUT2D eigenvalue weighted by Gasteiger charge is 2.39. The van der Waals surface area contributed by atoms with Crippen molar-refractivity contribution in [1.29, 1.82) is 0 Å². The molecule has 1 saturated heterocycles. The summed E-state index contributed by atoms with van der Waals surface area (Å²) in [5.74, 6) is -0.999. The molecule has 1 heterocycles. The number of carbonyl (C=O) groups excluding carboxylic acids is 1. The molecule has 0 aromatic heterocycles. The van der Waals surface area contributed by atoms with Gasteiger partial charge < -0.3 is 25.0 Å². The molecule has 0 saturated carbocycles. The predicted molar refractivity (Wildman–Crippen MR) is 203 cm³/mol. The number of likely N-dealkylation sites (N-methyl/N-ethyl adjacent to an activating group) is 1. The molecule has 0 spiro atoms. The van der Waals surface area contributed by atoms with E-state index in [0.717, 1.165) is 33.4 Å². The van der Waals surface area contributed by atoms with E-state index < -0.39 is 12.3 Å². The second-order valence-corrected chi connectivity index (χ2v) is 13.9. The average Bonchev–Trinajstić information content (AvgIpc) is 3.17. The number of fused-ring (bicyclic) bond motifs is 1. The van der Waals surface area contributed by atoms with Gasteiger partial charge in [0, 0.05) is 43.5 Å². The molecule has 8 heteroatoms. The summed E-state index contributed by atoms with van der Waals surface area (Å²) in [5, 5.41) is 23.8. The van der Waals surface area contributed by atoms with Crippen LogP contribution in [0.3, 0.4) is 0 Å². The molecule has 5 atom stereocenters. The summed E-state index contributed by atoms with van der Waals surface area (Å²) in [7, 11) is 2.15. The maximum absolute atomic E-state index is 12.2. The number of nitrogens with one attached hydrogen (secondary N) is 1. The molecule has 6 rings (SSSR count). The summed E-state index contributed by atoms with van der Waals surface area (Å²) < 4.78 is 13.5. The number of amides is 1. The smallest absolute Gasteiger partial charge is 0.303 e. The molecule has 3 N–H and O–H groups in total. The number of carboxylic acid groups (broad SMARTS) is 1. The largest absolute Gasteiger partial charge is 0.481 e. The molecule has 0 bridgehead atoms. The number of nitrogens with zero attached hydrogens (tertiary/aromatic N) is 1. The first-order valence-corrected chi connectivity index (χ1v) is 18.1. The minimum absolute atomic E-state index is 0.00827. The molecule has 8 nitrogen and oxygen atoms in total. The van der Waals surface area contributed by atoms with E-state index in [4.69, 9.17) is 14.6 Å². The van der Waals surface area contributed by atoms with Crippen molar-refractivity contribution in [3.63, 3.8) is 0 Å². The van der Waals surface area contributed by atoms with Crippen LogP contribution < -0.4 is 5.32 Å². The molecule has 1 fully saturated rings. The molecule has 0 aliphatic carbocycles. The Bertz CT molecular complexity index is 1960. The minimum atomic E-state index is -0.897. The maximum atomic E-state index is 12.2. The summed E-state index contributed by atoms with van der Waals surface area (Å²) >= 11 is 0. The Morgan fingerprint density at radius 2 is 1.52 bits per heavy atom. The van der Waals surface area contributed by atoms with Crippen molar-refractivity contribution in [1.82, 2.24) is 10.2 Å². The van der Waals surface area contributed by atoms with Crippen molar-refractivity contribution < 1.29 is 29.3 Å². The molecule has 1 aliphatic rings. The molecule has 5 aromatic carbocycles. The Balaban J connectivity index is 1.18. The second-order valence-electron chi connectivity index (χ2n) is 13.9. The van der Waals surface area contributed by atoms with Crippen LogP contribution in [0.1, 0.15) is 79.4 Å². The number of aliphatic carboxylic acids is 1. The van der Waals surface area contributed by atoms with Crippen LogP contribution in [-0.4, -0.2) is 46.7 Å². The number of benzene rings is 5. The summed E-state index contributed by atoms with van der Waals surface area (Å²) in [6.07, 6.45) is -0.422. The molecule has 0 radical (unpaired) electrons. The second kappa shape index (κ2) is 17.1. The Labute approximate surface area is 306 Å². The van der Waals surface area contributed by atoms with E-state index >= 15 is 0 Å². The van der Waals surface area contributed by atoms with Crippen LogP contribution in [0.2, 0.25) is 0 Å². The third kappa shape index (κ3) is 9.13. The molecular weight excluding hydrogens is 652 g/mol. The molecule has 5 aromatic rings. The zero-order valence-electron chi connectivity index (χ0n) is 30.1. The van der Waals surface area contributed by atoms with E-state index in [0.29, 0.717) is 19.5 Å². The lowest BCUT2D eigenvalue weighted by Crippen LogP contribution is -2.44. The third-order valence-electron chi connectivity index (χ3n) is 10.2. The fourth-order valence-electron chi connectivity index (χ4n) is 6.87. The van der Waals surface area contributed by atoms with Crippen molar-refractivity contribution in [3.05, 3.63) is 143 Å². The number of carboxylic acids is 1. The molecule has 1 amide bonds. The number of aliphatic hydroxyl groups is 1. The Hall–Kier alpha value is -4.86. The first kappa shape index (κ1) is 36.9. The third-order valence-corrected chi connectivity index (χ3v) is 10.2. The minimum Gasteiger partial charge on any atom is -0.481 e. The number of hydrogen-bond donors (Lipinski definition) is 3. The van der Waals surface area contributed by atoms with E-state index in [2.05, 4.69) is 104 Å². The molecular formula is C44H48N2O6. The van der Waals surface area contributed by atoms with Gasteiger partial charge in [-0.2, -0.15) is 0 Å². The first-order valence-electron chi connectivity index (χ1n) is 18.1. The highest BCUT2D eigenvalue weighted by atomic mass is 16.7. The fraction of sp³-hybridized carbons (Fsp3) is 0.318. The number of ether oxygens (including phenoxy) is 2. The summed E-state index contributed by atoms with van der Waals surface area (Å²) in [4.78, 5) is 25.3. The van der Waals surface area contributed by atoms with Gasteiger partial charge >= 0.3 is 5.97 Å². The number of carbonyl (C=O) groups is 2. The highest BCUT2D eigenvalue weighted by Crippen LogP contribution is 2.42. The Morgan fingerprint density at radius 3 is 2.25 bits per heavy atom. The van der Waals surface area contributed by atoms with E-state index in [1.54, 1.807) is 0 Å². The standard InChI is InChI=1S/C44H48N2O6/c1-29-40(27-46(3)30(2)37-23-20-33-9-4-5-10-39(33)25-37)51-44(52-43(29)35-16-14-31(28-47)15-17-35)36-21-18-34(19-22-36)38-11-6-8-32(24-38)26-45-41(48)12-7-13-42(49)50/h4-6,8-11,14-25,29-30,40,43-44,47H,7,12-13,26-28H2,1-3H3,(H,45,48)(H,49,50)/t29-,30+,40+,43+,44+/m0/s1. The van der Waals surface area contributed by atoms with E-state index in [1.165, 1.54) is 16.3 Å². The highest BCUT2D eigenvalue weighted by molar-refractivity contribution is 5.83. The quantitative estimate of drug-likeness (QED) is 0.107. The SMILES string of the molecule is C[C@H]1[C@@H](CN(C)[C@H](C)c2ccc3ccccc3c2)O[C@@H](c2ccc(-c3cccc(CNC(=O)CCCC(=O)O)c3)cc2)O[C@H]1c1ccc(CO)cc1. The van der Waals surface area contributed by atoms with Crippen LogP contribution in [-0.2, 0) is 32.2 Å². The van der Waals surface area contributed by atoms with E-state index in [-0.39, 0.29) is 49.5 Å². The van der Waals surface area contributed by atoms with Crippen molar-refractivity contribution in [3.8, 4) is 11.1 Å². The monoisotopic (exact) mass is 700 g/mol. The zero-order valence-corrected chi connectivity index (χ0v) is 30.1. The van der Waals surface area contributed by atoms with Crippen molar-refractivity contribution in [2.45, 2.75) is 70.8 Å². The lowest BCUT2D eigenvalue weighted by molar-refractivity contribution is -0.276. The van der Waals surface area contributed by atoms with Gasteiger partial charge in [0.15, 0.2) is 6.29 Å². The van der Waals surface area contributed by atoms with Crippen LogP contribution in [0.5, 0.6) is 0 Å². The summed E-state index contributed by atoms with van der Waals surface area (Å²) in [6, 6.07) is 39.5. The number of aliphatic hydroxyl groups excluding tert-OH is 1. The van der Waals surface area contributed by atoms with Gasteiger partial charge in [-0.25, -0.2) is 0 Å². The number of hydrogen-bond acceptors (Lipinski definition) is 6. The van der Waals surface area contributed by atoms with Crippen LogP contribution >= 0.6 is 0 Å². The first-order chi connectivity index (χ1) is 25.2. The lowest BCUT2D eigenvalue weighted by Gasteiger charge is -2.43. The van der Waals surface area contributed by atoms with Crippen LogP contribution in [0, 0.1) is 5.92 Å². The average molecular weight is 701 g/mol. The van der Waals surface area contributed by atoms with Gasteiger partial charge in [-0.15, -0.1) is 0 Å². The van der Waals surface area contributed by atoms with Gasteiger partial charge in [0.1, 0.15) is 0 Å². The van der Waals surface area contributed by atoms with Gasteiger partial charge in [0.05, 0.1) is 18.8 Å². The van der Waals surface area contributed by atoms with Gasteiger partial charge in [-0.3, -0.25) is 14.5 Å². The van der Waals surface area contributed by atoms with Crippen molar-refractivity contribution >= 4 is 22.6 Å². The van der Waals surface area contributed by atoms with Crippen LogP contribution in [0.25, 0.3) is 21.9 Å². The van der Waals surface area contributed by atoms with Crippen molar-refractivity contribution in [2.24, 2.45) is 5.92 Å². The molecule has 270 valence electrons. The predicted octanol–water partition coefficient (Wildman–Crippen LogP) is 8.35. The lowest BCUT2D eigenvalue weighted by atomic mass is 9.89. The maximum Gasteiger partial charge on any atom is 0.303 e. The topological polar surface area (TPSA) is 108 Å². The summed E-state index contributed by atoms with van der Waals surface area (Å²) in [6.45, 7) is 5.50. The summed E-state index contributed by atoms with van der Waals surface area (Å²) in [5.41, 5.74) is 7.10. The van der Waals surface area contributed by atoms with Gasteiger partial charge in [-0.05, 0) is 76.7 Å². The van der Waals surface area contributed by atoms with Gasteiger partial charge in [0.2, 0.25) is 5.91 Å². The molecule has 52 heavy (non-hydrogen) atoms. The number of rotatable bonds is 14. The van der Waals surface area contributed by atoms with Crippen LogP contribution in [0.4, 0.5) is 0 Å². The van der Waals surface area contributed by atoms with Gasteiger partial charge in [-0.1, -0.05) is 110 Å². The van der Waals surface area contributed by atoms with Crippen LogP contribution in [0.15, 0.2) is 115 Å². The van der Waals surface area contributed by atoms with E-state index in [1.807, 2.05) is 42.5 Å². The fourth-order valence-corrected chi connectivity index (χ4v) is 6.87. The Kier molecular flexibility index (Phi) is 12.1. The normalized spacial score (nSPS) is 19.4. The molecule has 1 aliphatic heterocycles. The van der Waals surface area contributed by atoms with Crippen molar-refractivity contribution in [2.75, 3.05) is 13.6 Å². The van der Waals surface area contributed by atoms with E-state index in [9.17, 15) is 14.7 Å².